The number of nitrogens with zero attached hydrogens (tertiary/aromatic N) is 2. The van der Waals surface area contributed by atoms with Crippen molar-refractivity contribution in [1.82, 2.24) is 9.78 Å². The number of aryl methyl sites for hydroxylation is 2. The average Bonchev–Trinajstić information content (AvgIpc) is 1.94. The lowest BCUT2D eigenvalue weighted by Crippen LogP contribution is -2.21. The second-order valence-corrected chi connectivity index (χ2v) is 2.13. The van der Waals surface area contributed by atoms with Crippen LogP contribution in [-0.4, -0.2) is 9.78 Å². The molecule has 0 aliphatic heterocycles. The Morgan fingerprint density at radius 2 is 2.30 bits per heavy atom. The highest BCUT2D eigenvalue weighted by Gasteiger charge is 1.91. The van der Waals surface area contributed by atoms with Crippen LogP contribution in [0.2, 0.25) is 0 Å². The molecule has 0 fully saturated rings. The maximum absolute atomic E-state index is 10.9. The minimum atomic E-state index is -0.0342. The molecule has 0 aliphatic rings. The first kappa shape index (κ1) is 6.99. The molecule has 0 spiro atoms. The summed E-state index contributed by atoms with van der Waals surface area (Å²) >= 11 is 0. The van der Waals surface area contributed by atoms with Gasteiger partial charge in [0.15, 0.2) is 0 Å². The Balaban J connectivity index is 3.22. The van der Waals surface area contributed by atoms with Crippen LogP contribution in [0, 0.1) is 6.92 Å². The standard InChI is InChI=1S/C7H10N2O/c1-3-9-7(10)5-4-6(2)8-9/h4-5H,3H2,1-2H3. The molecule has 0 saturated carbocycles. The molecule has 1 aromatic heterocycles. The van der Waals surface area contributed by atoms with Crippen LogP contribution in [0.15, 0.2) is 16.9 Å². The van der Waals surface area contributed by atoms with E-state index in [2.05, 4.69) is 5.10 Å². The van der Waals surface area contributed by atoms with Gasteiger partial charge in [-0.15, -0.1) is 0 Å². The Labute approximate surface area is 59.3 Å². The topological polar surface area (TPSA) is 34.9 Å². The molecule has 0 aliphatic carbocycles. The van der Waals surface area contributed by atoms with Gasteiger partial charge in [0.2, 0.25) is 0 Å². The third-order valence-electron chi connectivity index (χ3n) is 1.30. The van der Waals surface area contributed by atoms with Gasteiger partial charge in [0, 0.05) is 12.6 Å². The predicted octanol–water partition coefficient (Wildman–Crippen LogP) is 0.572. The first-order valence-corrected chi connectivity index (χ1v) is 3.29. The van der Waals surface area contributed by atoms with Gasteiger partial charge in [-0.05, 0) is 19.9 Å². The van der Waals surface area contributed by atoms with Crippen molar-refractivity contribution in [2.24, 2.45) is 0 Å². The summed E-state index contributed by atoms with van der Waals surface area (Å²) in [6.07, 6.45) is 0. The lowest BCUT2D eigenvalue weighted by molar-refractivity contribution is 0.606. The van der Waals surface area contributed by atoms with Gasteiger partial charge in [-0.3, -0.25) is 4.79 Å². The van der Waals surface area contributed by atoms with Crippen molar-refractivity contribution in [3.8, 4) is 0 Å². The van der Waals surface area contributed by atoms with Crippen LogP contribution >= 0.6 is 0 Å². The third kappa shape index (κ3) is 1.23. The Morgan fingerprint density at radius 1 is 1.60 bits per heavy atom. The molecule has 0 amide bonds. The fraction of sp³-hybridized carbons (Fsp3) is 0.429. The molecule has 0 bridgehead atoms. The quantitative estimate of drug-likeness (QED) is 0.568. The van der Waals surface area contributed by atoms with Crippen LogP contribution in [0.1, 0.15) is 12.6 Å². The number of rotatable bonds is 1. The Hall–Kier alpha value is -1.12. The molecule has 0 unspecified atom stereocenters. The van der Waals surface area contributed by atoms with Crippen LogP contribution in [-0.2, 0) is 6.54 Å². The largest absolute Gasteiger partial charge is 0.268 e. The molecule has 1 heterocycles. The van der Waals surface area contributed by atoms with E-state index in [9.17, 15) is 4.79 Å². The van der Waals surface area contributed by atoms with Crippen molar-refractivity contribution in [3.63, 3.8) is 0 Å². The van der Waals surface area contributed by atoms with E-state index in [1.165, 1.54) is 10.7 Å². The van der Waals surface area contributed by atoms with Gasteiger partial charge in [0.1, 0.15) is 0 Å². The summed E-state index contributed by atoms with van der Waals surface area (Å²) in [5.74, 6) is 0. The monoisotopic (exact) mass is 138 g/mol. The van der Waals surface area contributed by atoms with Crippen molar-refractivity contribution in [2.45, 2.75) is 20.4 Å². The minimum absolute atomic E-state index is 0.0342. The maximum Gasteiger partial charge on any atom is 0.266 e. The SMILES string of the molecule is CCn1nc(C)ccc1=O. The molecule has 1 aromatic rings. The van der Waals surface area contributed by atoms with Crippen molar-refractivity contribution in [1.29, 1.82) is 0 Å². The first-order valence-electron chi connectivity index (χ1n) is 3.29. The van der Waals surface area contributed by atoms with E-state index in [0.717, 1.165) is 5.69 Å². The number of hydrogen-bond donors (Lipinski definition) is 0. The fourth-order valence-electron chi connectivity index (χ4n) is 0.777. The molecular formula is C7H10N2O. The van der Waals surface area contributed by atoms with Gasteiger partial charge in [-0.2, -0.15) is 5.10 Å². The van der Waals surface area contributed by atoms with E-state index in [0.29, 0.717) is 6.54 Å². The summed E-state index contributed by atoms with van der Waals surface area (Å²) in [6.45, 7) is 4.40. The zero-order valence-electron chi connectivity index (χ0n) is 6.16. The molecule has 3 heteroatoms. The normalized spacial score (nSPS) is 9.80. The van der Waals surface area contributed by atoms with E-state index in [1.54, 1.807) is 6.07 Å². The Bertz CT molecular complexity index is 277. The van der Waals surface area contributed by atoms with E-state index in [-0.39, 0.29) is 5.56 Å². The molecule has 0 radical (unpaired) electrons. The summed E-state index contributed by atoms with van der Waals surface area (Å²) in [5, 5.41) is 4.00. The molecule has 0 aromatic carbocycles. The van der Waals surface area contributed by atoms with Crippen LogP contribution in [0.25, 0.3) is 0 Å². The van der Waals surface area contributed by atoms with Crippen molar-refractivity contribution < 1.29 is 0 Å². The Kier molecular flexibility index (Phi) is 1.85. The van der Waals surface area contributed by atoms with Crippen molar-refractivity contribution >= 4 is 0 Å². The van der Waals surface area contributed by atoms with Crippen LogP contribution < -0.4 is 5.56 Å². The first-order chi connectivity index (χ1) is 4.74. The molecule has 1 rings (SSSR count). The Morgan fingerprint density at radius 3 is 2.80 bits per heavy atom. The average molecular weight is 138 g/mol. The summed E-state index contributed by atoms with van der Waals surface area (Å²) in [5.41, 5.74) is 0.842. The molecule has 0 saturated heterocycles. The van der Waals surface area contributed by atoms with Crippen molar-refractivity contribution in [3.05, 3.63) is 28.2 Å². The molecule has 0 atom stereocenters. The zero-order valence-corrected chi connectivity index (χ0v) is 6.16. The zero-order chi connectivity index (χ0) is 7.56. The van der Waals surface area contributed by atoms with E-state index in [1.807, 2.05) is 13.8 Å². The van der Waals surface area contributed by atoms with Gasteiger partial charge in [0.25, 0.3) is 5.56 Å². The van der Waals surface area contributed by atoms with Gasteiger partial charge >= 0.3 is 0 Å². The summed E-state index contributed by atoms with van der Waals surface area (Å²) in [4.78, 5) is 10.9. The number of hydrogen-bond acceptors (Lipinski definition) is 2. The highest BCUT2D eigenvalue weighted by atomic mass is 16.1. The van der Waals surface area contributed by atoms with Crippen LogP contribution in [0.4, 0.5) is 0 Å². The number of aromatic nitrogens is 2. The third-order valence-corrected chi connectivity index (χ3v) is 1.30. The predicted molar refractivity (Wildman–Crippen MR) is 38.9 cm³/mol. The van der Waals surface area contributed by atoms with Crippen molar-refractivity contribution in [2.75, 3.05) is 0 Å². The van der Waals surface area contributed by atoms with Crippen LogP contribution in [0.3, 0.4) is 0 Å². The highest BCUT2D eigenvalue weighted by Crippen LogP contribution is 1.84. The summed E-state index contributed by atoms with van der Waals surface area (Å²) < 4.78 is 1.44. The maximum atomic E-state index is 10.9. The second kappa shape index (κ2) is 2.64. The molecule has 54 valence electrons. The summed E-state index contributed by atoms with van der Waals surface area (Å²) in [6, 6.07) is 3.25. The van der Waals surface area contributed by atoms with E-state index >= 15 is 0 Å². The molecule has 10 heavy (non-hydrogen) atoms. The van der Waals surface area contributed by atoms with Gasteiger partial charge < -0.3 is 0 Å². The summed E-state index contributed by atoms with van der Waals surface area (Å²) in [7, 11) is 0. The van der Waals surface area contributed by atoms with E-state index < -0.39 is 0 Å². The molecule has 3 nitrogen and oxygen atoms in total. The van der Waals surface area contributed by atoms with Gasteiger partial charge in [0.05, 0.1) is 5.69 Å². The van der Waals surface area contributed by atoms with Gasteiger partial charge in [-0.25, -0.2) is 4.68 Å². The second-order valence-electron chi connectivity index (χ2n) is 2.13. The lowest BCUT2D eigenvalue weighted by Gasteiger charge is -1.98. The lowest BCUT2D eigenvalue weighted by atomic mass is 10.4. The molecule has 0 N–H and O–H groups in total. The molecular weight excluding hydrogens is 128 g/mol. The minimum Gasteiger partial charge on any atom is -0.268 e. The van der Waals surface area contributed by atoms with Gasteiger partial charge in [-0.1, -0.05) is 0 Å². The van der Waals surface area contributed by atoms with Crippen LogP contribution in [0.5, 0.6) is 0 Å². The highest BCUT2D eigenvalue weighted by molar-refractivity contribution is 4.96. The smallest absolute Gasteiger partial charge is 0.266 e. The fourth-order valence-corrected chi connectivity index (χ4v) is 0.777. The van der Waals surface area contributed by atoms with E-state index in [4.69, 9.17) is 0 Å².